The lowest BCUT2D eigenvalue weighted by molar-refractivity contribution is -0.144. The molecular formula is C6H11O4P. The van der Waals surface area contributed by atoms with Crippen molar-refractivity contribution in [2.24, 2.45) is 0 Å². The zero-order chi connectivity index (χ0) is 8.91. The van der Waals surface area contributed by atoms with Crippen molar-refractivity contribution >= 4 is 14.4 Å². The Morgan fingerprint density at radius 1 is 1.55 bits per heavy atom. The van der Waals surface area contributed by atoms with E-state index in [1.165, 1.54) is 21.1 Å². The van der Waals surface area contributed by atoms with Crippen LogP contribution in [-0.4, -0.2) is 32.0 Å². The topological polar surface area (TPSA) is 52.6 Å². The Bertz CT molecular complexity index is 159. The molecule has 64 valence electrons. The van der Waals surface area contributed by atoms with E-state index in [0.29, 0.717) is 0 Å². The monoisotopic (exact) mass is 178 g/mol. The standard InChI is InChI=1S/C6H11O4P/c1-6(11-8,4-9-2)5(7)10-3/h4H2,1-3H3. The quantitative estimate of drug-likeness (QED) is 0.473. The number of hydrogen-bond donors (Lipinski definition) is 0. The third-order valence-electron chi connectivity index (χ3n) is 1.25. The van der Waals surface area contributed by atoms with Crippen LogP contribution in [0.4, 0.5) is 0 Å². The highest BCUT2D eigenvalue weighted by Gasteiger charge is 2.35. The van der Waals surface area contributed by atoms with Crippen LogP contribution in [0.1, 0.15) is 6.92 Å². The lowest BCUT2D eigenvalue weighted by Gasteiger charge is -2.16. The first-order valence-electron chi connectivity index (χ1n) is 3.02. The summed E-state index contributed by atoms with van der Waals surface area (Å²) in [6.07, 6.45) is 0. The minimum Gasteiger partial charge on any atom is -0.468 e. The van der Waals surface area contributed by atoms with Crippen molar-refractivity contribution in [3.8, 4) is 0 Å². The molecule has 0 rings (SSSR count). The minimum atomic E-state index is -1.07. The Morgan fingerprint density at radius 3 is 2.36 bits per heavy atom. The van der Waals surface area contributed by atoms with Crippen LogP contribution in [-0.2, 0) is 18.8 Å². The molecule has 0 aliphatic rings. The largest absolute Gasteiger partial charge is 0.468 e. The van der Waals surface area contributed by atoms with Gasteiger partial charge in [-0.05, 0) is 6.92 Å². The number of carbonyl (C=O) groups excluding carboxylic acids is 1. The molecule has 0 saturated heterocycles. The molecule has 0 saturated carbocycles. The van der Waals surface area contributed by atoms with Crippen LogP contribution in [0.3, 0.4) is 0 Å². The molecule has 1 atom stereocenters. The third kappa shape index (κ3) is 2.56. The SMILES string of the molecule is COCC(C)(P=O)C(=O)OC. The van der Waals surface area contributed by atoms with E-state index in [4.69, 9.17) is 4.74 Å². The molecule has 0 heterocycles. The van der Waals surface area contributed by atoms with Crippen LogP contribution in [0.2, 0.25) is 0 Å². The van der Waals surface area contributed by atoms with Gasteiger partial charge in [-0.25, -0.2) is 0 Å². The Hall–Kier alpha value is -0.470. The van der Waals surface area contributed by atoms with E-state index in [2.05, 4.69) is 4.74 Å². The molecule has 0 aliphatic heterocycles. The van der Waals surface area contributed by atoms with E-state index in [0.717, 1.165) is 0 Å². The molecule has 0 bridgehead atoms. The zero-order valence-corrected chi connectivity index (χ0v) is 7.68. The summed E-state index contributed by atoms with van der Waals surface area (Å²) in [5.74, 6) is -0.531. The fourth-order valence-electron chi connectivity index (χ4n) is 0.623. The molecule has 0 aromatic heterocycles. The van der Waals surface area contributed by atoms with Crippen LogP contribution in [0.25, 0.3) is 0 Å². The van der Waals surface area contributed by atoms with Crippen molar-refractivity contribution < 1.29 is 18.8 Å². The fraction of sp³-hybridized carbons (Fsp3) is 0.833. The Balaban J connectivity index is 4.31. The molecule has 0 aliphatic carbocycles. The minimum absolute atomic E-state index is 0.0880. The number of hydrogen-bond acceptors (Lipinski definition) is 4. The maximum absolute atomic E-state index is 10.9. The van der Waals surface area contributed by atoms with Crippen LogP contribution >= 0.6 is 8.46 Å². The smallest absolute Gasteiger partial charge is 0.325 e. The molecule has 0 spiro atoms. The number of carbonyl (C=O) groups is 1. The molecule has 1 unspecified atom stereocenters. The summed E-state index contributed by atoms with van der Waals surface area (Å²) >= 11 is 0. The average molecular weight is 178 g/mol. The molecule has 0 N–H and O–H groups in total. The summed E-state index contributed by atoms with van der Waals surface area (Å²) in [6.45, 7) is 1.60. The third-order valence-corrected chi connectivity index (χ3v) is 1.97. The maximum Gasteiger partial charge on any atom is 0.325 e. The predicted molar refractivity (Wildman–Crippen MR) is 39.9 cm³/mol. The van der Waals surface area contributed by atoms with E-state index in [9.17, 15) is 9.36 Å². The highest BCUT2D eigenvalue weighted by molar-refractivity contribution is 7.27. The van der Waals surface area contributed by atoms with Gasteiger partial charge < -0.3 is 9.47 Å². The van der Waals surface area contributed by atoms with Crippen molar-refractivity contribution in [2.45, 2.75) is 12.1 Å². The van der Waals surface area contributed by atoms with Crippen molar-refractivity contribution in [3.63, 3.8) is 0 Å². The molecule has 0 radical (unpaired) electrons. The number of rotatable bonds is 4. The number of methoxy groups -OCH3 is 2. The van der Waals surface area contributed by atoms with Crippen LogP contribution in [0.15, 0.2) is 0 Å². The molecular weight excluding hydrogens is 167 g/mol. The van der Waals surface area contributed by atoms with Crippen molar-refractivity contribution in [1.82, 2.24) is 0 Å². The lowest BCUT2D eigenvalue weighted by Crippen LogP contribution is -2.35. The summed E-state index contributed by atoms with van der Waals surface area (Å²) in [7, 11) is 2.40. The highest BCUT2D eigenvalue weighted by Crippen LogP contribution is 2.23. The van der Waals surface area contributed by atoms with Gasteiger partial charge in [0.25, 0.3) is 0 Å². The van der Waals surface area contributed by atoms with E-state index >= 15 is 0 Å². The molecule has 0 aromatic carbocycles. The fourth-order valence-corrected chi connectivity index (χ4v) is 0.971. The normalized spacial score (nSPS) is 15.9. The first kappa shape index (κ1) is 10.5. The second kappa shape index (κ2) is 4.42. The molecule has 5 heteroatoms. The lowest BCUT2D eigenvalue weighted by atomic mass is 10.2. The van der Waals surface area contributed by atoms with Crippen LogP contribution in [0, 0.1) is 0 Å². The first-order chi connectivity index (χ1) is 5.10. The maximum atomic E-state index is 10.9. The van der Waals surface area contributed by atoms with Gasteiger partial charge >= 0.3 is 5.97 Å². The van der Waals surface area contributed by atoms with Gasteiger partial charge in [-0.1, -0.05) is 0 Å². The van der Waals surface area contributed by atoms with Gasteiger partial charge in [-0.15, -0.1) is 0 Å². The second-order valence-corrected chi connectivity index (χ2v) is 3.46. The van der Waals surface area contributed by atoms with Gasteiger partial charge in [0, 0.05) is 7.11 Å². The van der Waals surface area contributed by atoms with Crippen LogP contribution in [0.5, 0.6) is 0 Å². The Labute approximate surface area is 67.1 Å². The van der Waals surface area contributed by atoms with Gasteiger partial charge in [0.2, 0.25) is 0 Å². The highest BCUT2D eigenvalue weighted by atomic mass is 31.1. The van der Waals surface area contributed by atoms with Crippen LogP contribution < -0.4 is 0 Å². The van der Waals surface area contributed by atoms with E-state index in [1.54, 1.807) is 0 Å². The molecule has 4 nitrogen and oxygen atoms in total. The Kier molecular flexibility index (Phi) is 4.23. The van der Waals surface area contributed by atoms with Gasteiger partial charge in [0.15, 0.2) is 13.6 Å². The molecule has 11 heavy (non-hydrogen) atoms. The summed E-state index contributed by atoms with van der Waals surface area (Å²) in [4.78, 5) is 10.9. The van der Waals surface area contributed by atoms with Crippen molar-refractivity contribution in [2.75, 3.05) is 20.8 Å². The summed E-state index contributed by atoms with van der Waals surface area (Å²) in [6, 6.07) is 0. The van der Waals surface area contributed by atoms with E-state index < -0.39 is 11.1 Å². The van der Waals surface area contributed by atoms with E-state index in [-0.39, 0.29) is 15.1 Å². The first-order valence-corrected chi connectivity index (χ1v) is 3.84. The van der Waals surface area contributed by atoms with Gasteiger partial charge in [-0.2, -0.15) is 0 Å². The van der Waals surface area contributed by atoms with Crippen molar-refractivity contribution in [1.29, 1.82) is 0 Å². The summed E-state index contributed by atoms with van der Waals surface area (Å²) < 4.78 is 19.7. The summed E-state index contributed by atoms with van der Waals surface area (Å²) in [5, 5.41) is -1.07. The number of ether oxygens (including phenoxy) is 2. The van der Waals surface area contributed by atoms with Gasteiger partial charge in [0.1, 0.15) is 0 Å². The zero-order valence-electron chi connectivity index (χ0n) is 6.79. The summed E-state index contributed by atoms with van der Waals surface area (Å²) in [5.41, 5.74) is 0. The van der Waals surface area contributed by atoms with Gasteiger partial charge in [-0.3, -0.25) is 9.36 Å². The molecule has 0 fully saturated rings. The molecule has 0 amide bonds. The predicted octanol–water partition coefficient (Wildman–Crippen LogP) is 0.856. The average Bonchev–Trinajstić information content (AvgIpc) is 2.03. The second-order valence-electron chi connectivity index (χ2n) is 2.29. The molecule has 0 aromatic rings. The number of esters is 1. The Morgan fingerprint density at radius 2 is 2.09 bits per heavy atom. The van der Waals surface area contributed by atoms with Crippen molar-refractivity contribution in [3.05, 3.63) is 0 Å². The van der Waals surface area contributed by atoms with E-state index in [1.807, 2.05) is 0 Å². The van der Waals surface area contributed by atoms with Gasteiger partial charge in [0.05, 0.1) is 13.7 Å².